The lowest BCUT2D eigenvalue weighted by atomic mass is 9.97. The van der Waals surface area contributed by atoms with Crippen molar-refractivity contribution in [3.8, 4) is 22.3 Å². The summed E-state index contributed by atoms with van der Waals surface area (Å²) < 4.78 is 12.1. The van der Waals surface area contributed by atoms with Crippen LogP contribution in [-0.2, 0) is 0 Å². The molecular formula is C32H18O4. The zero-order valence-electron chi connectivity index (χ0n) is 19.0. The predicted molar refractivity (Wildman–Crippen MR) is 144 cm³/mol. The Hall–Kier alpha value is -4.96. The van der Waals surface area contributed by atoms with Gasteiger partial charge in [0.1, 0.15) is 22.3 Å². The van der Waals surface area contributed by atoms with Gasteiger partial charge in [-0.15, -0.1) is 0 Å². The first-order valence-electron chi connectivity index (χ1n) is 11.7. The van der Waals surface area contributed by atoms with Crippen LogP contribution in [0.1, 0.15) is 0 Å². The second kappa shape index (κ2) is 7.79. The van der Waals surface area contributed by atoms with Gasteiger partial charge in [0.15, 0.2) is 0 Å². The molecule has 0 spiro atoms. The van der Waals surface area contributed by atoms with Crippen molar-refractivity contribution >= 4 is 43.9 Å². The Morgan fingerprint density at radius 1 is 0.361 bits per heavy atom. The highest BCUT2D eigenvalue weighted by molar-refractivity contribution is 5.93. The van der Waals surface area contributed by atoms with Gasteiger partial charge in [-0.25, -0.2) is 0 Å². The zero-order valence-corrected chi connectivity index (χ0v) is 19.0. The highest BCUT2D eigenvalue weighted by Crippen LogP contribution is 2.31. The molecule has 0 bridgehead atoms. The third kappa shape index (κ3) is 3.16. The molecule has 0 unspecified atom stereocenters. The van der Waals surface area contributed by atoms with E-state index in [0.29, 0.717) is 43.9 Å². The molecule has 0 aliphatic carbocycles. The van der Waals surface area contributed by atoms with Crippen LogP contribution in [0.25, 0.3) is 66.1 Å². The van der Waals surface area contributed by atoms with Crippen molar-refractivity contribution in [2.75, 3.05) is 0 Å². The zero-order chi connectivity index (χ0) is 24.2. The Kier molecular flexibility index (Phi) is 4.42. The number of benzene rings is 5. The summed E-state index contributed by atoms with van der Waals surface area (Å²) in [7, 11) is 0. The molecule has 0 N–H and O–H groups in total. The summed E-state index contributed by atoms with van der Waals surface area (Å²) in [6.07, 6.45) is 0. The van der Waals surface area contributed by atoms with Crippen molar-refractivity contribution in [3.63, 3.8) is 0 Å². The van der Waals surface area contributed by atoms with E-state index in [1.54, 1.807) is 12.1 Å². The Labute approximate surface area is 204 Å². The first-order chi connectivity index (χ1) is 17.7. The second-order valence-corrected chi connectivity index (χ2v) is 8.86. The van der Waals surface area contributed by atoms with Gasteiger partial charge in [-0.1, -0.05) is 54.6 Å². The lowest BCUT2D eigenvalue weighted by Crippen LogP contribution is -2.01. The fraction of sp³-hybridized carbons (Fsp3) is 0. The minimum atomic E-state index is -0.0302. The first kappa shape index (κ1) is 20.4. The molecule has 0 amide bonds. The average molecular weight is 466 g/mol. The quantitative estimate of drug-likeness (QED) is 0.247. The monoisotopic (exact) mass is 466 g/mol. The second-order valence-electron chi connectivity index (χ2n) is 8.86. The van der Waals surface area contributed by atoms with Crippen molar-refractivity contribution in [1.82, 2.24) is 0 Å². The molecule has 170 valence electrons. The maximum Gasteiger partial charge on any atom is 0.200 e. The van der Waals surface area contributed by atoms with Crippen LogP contribution in [0.4, 0.5) is 0 Å². The van der Waals surface area contributed by atoms with Crippen LogP contribution < -0.4 is 10.9 Å². The summed E-state index contributed by atoms with van der Waals surface area (Å²) in [6.45, 7) is 0. The number of hydrogen-bond acceptors (Lipinski definition) is 4. The van der Waals surface area contributed by atoms with E-state index in [4.69, 9.17) is 8.83 Å². The summed E-state index contributed by atoms with van der Waals surface area (Å²) in [5.41, 5.74) is 6.08. The average Bonchev–Trinajstić information content (AvgIpc) is 2.93. The number of hydrogen-bond donors (Lipinski definition) is 0. The van der Waals surface area contributed by atoms with Gasteiger partial charge in [0.2, 0.25) is 10.9 Å². The molecule has 7 aromatic rings. The normalized spacial score (nSPS) is 11.6. The van der Waals surface area contributed by atoms with E-state index in [-0.39, 0.29) is 10.9 Å². The Bertz CT molecular complexity index is 1950. The van der Waals surface area contributed by atoms with Gasteiger partial charge in [0.05, 0.1) is 21.5 Å². The molecule has 5 aromatic carbocycles. The molecule has 0 fully saturated rings. The molecule has 2 heterocycles. The molecule has 2 aromatic heterocycles. The lowest BCUT2D eigenvalue weighted by Gasteiger charge is -2.09. The van der Waals surface area contributed by atoms with E-state index in [9.17, 15) is 9.59 Å². The largest absolute Gasteiger partial charge is 0.456 e. The predicted octanol–water partition coefficient (Wildman–Crippen LogP) is 7.54. The summed E-state index contributed by atoms with van der Waals surface area (Å²) in [6, 6.07) is 34.1. The standard InChI is InChI=1S/C32H18O4/c33-31-23-8-1-3-10-27(23)35-29-17-21(12-14-25(29)31)19-6-5-7-20(16-19)22-13-15-26-30(18-22)36-28-11-4-2-9-24(28)32(26)34/h1-18H. The summed E-state index contributed by atoms with van der Waals surface area (Å²) in [5, 5.41) is 2.28. The van der Waals surface area contributed by atoms with Crippen LogP contribution >= 0.6 is 0 Å². The van der Waals surface area contributed by atoms with E-state index in [2.05, 4.69) is 6.07 Å². The smallest absolute Gasteiger partial charge is 0.200 e. The number of rotatable bonds is 2. The van der Waals surface area contributed by atoms with E-state index in [1.165, 1.54) is 0 Å². The highest BCUT2D eigenvalue weighted by Gasteiger charge is 2.11. The van der Waals surface area contributed by atoms with Crippen molar-refractivity contribution in [1.29, 1.82) is 0 Å². The van der Waals surface area contributed by atoms with Crippen molar-refractivity contribution in [2.24, 2.45) is 0 Å². The van der Waals surface area contributed by atoms with Gasteiger partial charge in [0, 0.05) is 0 Å². The molecule has 0 atom stereocenters. The fourth-order valence-corrected chi connectivity index (χ4v) is 4.84. The van der Waals surface area contributed by atoms with Crippen LogP contribution in [0.5, 0.6) is 0 Å². The lowest BCUT2D eigenvalue weighted by molar-refractivity contribution is 0.660. The molecule has 36 heavy (non-hydrogen) atoms. The minimum absolute atomic E-state index is 0.0302. The number of para-hydroxylation sites is 2. The van der Waals surface area contributed by atoms with Crippen molar-refractivity contribution in [2.45, 2.75) is 0 Å². The van der Waals surface area contributed by atoms with Crippen LogP contribution in [0.15, 0.2) is 128 Å². The van der Waals surface area contributed by atoms with Crippen molar-refractivity contribution < 1.29 is 8.83 Å². The maximum absolute atomic E-state index is 12.9. The van der Waals surface area contributed by atoms with E-state index >= 15 is 0 Å². The van der Waals surface area contributed by atoms with Crippen LogP contribution in [-0.4, -0.2) is 0 Å². The third-order valence-corrected chi connectivity index (χ3v) is 6.68. The molecule has 0 saturated heterocycles. The van der Waals surface area contributed by atoms with Crippen LogP contribution in [0.3, 0.4) is 0 Å². The fourth-order valence-electron chi connectivity index (χ4n) is 4.84. The van der Waals surface area contributed by atoms with E-state index in [1.807, 2.05) is 91.0 Å². The summed E-state index contributed by atoms with van der Waals surface area (Å²) in [5.74, 6) is 0. The molecule has 4 nitrogen and oxygen atoms in total. The maximum atomic E-state index is 12.9. The van der Waals surface area contributed by atoms with Crippen molar-refractivity contribution in [3.05, 3.63) is 130 Å². The Morgan fingerprint density at radius 2 is 0.778 bits per heavy atom. The number of fused-ring (bicyclic) bond motifs is 4. The van der Waals surface area contributed by atoms with Crippen LogP contribution in [0, 0.1) is 0 Å². The topological polar surface area (TPSA) is 60.4 Å². The molecule has 0 saturated carbocycles. The Balaban J connectivity index is 1.35. The van der Waals surface area contributed by atoms with Crippen LogP contribution in [0.2, 0.25) is 0 Å². The molecule has 0 radical (unpaired) electrons. The molecular weight excluding hydrogens is 448 g/mol. The van der Waals surface area contributed by atoms with E-state index in [0.717, 1.165) is 22.3 Å². The molecule has 7 rings (SSSR count). The van der Waals surface area contributed by atoms with Gasteiger partial charge < -0.3 is 8.83 Å². The van der Waals surface area contributed by atoms with Gasteiger partial charge >= 0.3 is 0 Å². The van der Waals surface area contributed by atoms with Gasteiger partial charge in [-0.2, -0.15) is 0 Å². The SMILES string of the molecule is O=c1c2ccccc2oc2cc(-c3cccc(-c4ccc5c(=O)c6ccccc6oc5c4)c3)ccc12. The molecule has 4 heteroatoms. The highest BCUT2D eigenvalue weighted by atomic mass is 16.3. The first-order valence-corrected chi connectivity index (χ1v) is 11.7. The molecule has 0 aliphatic heterocycles. The van der Waals surface area contributed by atoms with Gasteiger partial charge in [0.25, 0.3) is 0 Å². The van der Waals surface area contributed by atoms with Gasteiger partial charge in [-0.3, -0.25) is 9.59 Å². The van der Waals surface area contributed by atoms with Gasteiger partial charge in [-0.05, 0) is 76.9 Å². The molecule has 0 aliphatic rings. The van der Waals surface area contributed by atoms with E-state index < -0.39 is 0 Å². The Morgan fingerprint density at radius 3 is 1.28 bits per heavy atom. The summed E-state index contributed by atoms with van der Waals surface area (Å²) in [4.78, 5) is 25.8. The third-order valence-electron chi connectivity index (χ3n) is 6.68. The summed E-state index contributed by atoms with van der Waals surface area (Å²) >= 11 is 0. The minimum Gasteiger partial charge on any atom is -0.456 e.